The van der Waals surface area contributed by atoms with Crippen molar-refractivity contribution in [1.82, 2.24) is 29.5 Å². The fourth-order valence-electron chi connectivity index (χ4n) is 3.63. The molecule has 1 amide bonds. The number of ether oxygens (including phenoxy) is 2. The number of H-pyrrole nitrogens is 2. The van der Waals surface area contributed by atoms with Gasteiger partial charge >= 0.3 is 5.69 Å². The van der Waals surface area contributed by atoms with Crippen LogP contribution in [0.15, 0.2) is 35.5 Å². The van der Waals surface area contributed by atoms with Gasteiger partial charge in [-0.15, -0.1) is 0 Å². The molecule has 4 aromatic rings. The van der Waals surface area contributed by atoms with Gasteiger partial charge in [0.15, 0.2) is 11.5 Å². The number of carbonyl (C=O) groups is 1. The molecule has 0 spiro atoms. The Labute approximate surface area is 175 Å². The second-order valence-corrected chi connectivity index (χ2v) is 7.21. The van der Waals surface area contributed by atoms with Gasteiger partial charge in [-0.2, -0.15) is 4.98 Å². The molecule has 0 saturated heterocycles. The van der Waals surface area contributed by atoms with Crippen LogP contribution in [0.5, 0.6) is 11.6 Å². The van der Waals surface area contributed by atoms with Crippen LogP contribution in [0, 0.1) is 0 Å². The molecule has 11 heteroatoms. The Hall–Kier alpha value is -4.15. The van der Waals surface area contributed by atoms with Crippen molar-refractivity contribution in [2.75, 3.05) is 6.61 Å². The minimum Gasteiger partial charge on any atom is -0.491 e. The number of primary amides is 1. The minimum atomic E-state index is -0.696. The molecule has 1 atom stereocenters. The summed E-state index contributed by atoms with van der Waals surface area (Å²) < 4.78 is 13.3. The van der Waals surface area contributed by atoms with Gasteiger partial charge in [0.25, 0.3) is 5.91 Å². The van der Waals surface area contributed by atoms with Gasteiger partial charge in [0, 0.05) is 24.7 Å². The van der Waals surface area contributed by atoms with Gasteiger partial charge in [-0.05, 0) is 25.8 Å². The van der Waals surface area contributed by atoms with Gasteiger partial charge in [-0.3, -0.25) is 9.78 Å². The number of carbonyl (C=O) groups excluding carboxylic acids is 1. The third kappa shape index (κ3) is 3.19. The summed E-state index contributed by atoms with van der Waals surface area (Å²) in [6, 6.07) is 3.22. The second kappa shape index (κ2) is 7.27. The Kier molecular flexibility index (Phi) is 4.42. The van der Waals surface area contributed by atoms with Crippen molar-refractivity contribution in [3.05, 3.63) is 46.8 Å². The molecule has 4 N–H and O–H groups in total. The van der Waals surface area contributed by atoms with E-state index in [0.717, 1.165) is 0 Å². The van der Waals surface area contributed by atoms with Crippen LogP contribution in [0.2, 0.25) is 0 Å². The molecule has 0 aliphatic carbocycles. The smallest absolute Gasteiger partial charge is 0.333 e. The summed E-state index contributed by atoms with van der Waals surface area (Å²) in [4.78, 5) is 44.0. The molecule has 5 rings (SSSR count). The molecular weight excluding hydrogens is 402 g/mol. The fraction of sp³-hybridized carbons (Fsp3) is 0.250. The fourth-order valence-corrected chi connectivity index (χ4v) is 3.63. The molecule has 1 aliphatic heterocycles. The number of aromatic nitrogens is 6. The largest absolute Gasteiger partial charge is 0.491 e. The number of imidazole rings is 2. The van der Waals surface area contributed by atoms with Gasteiger partial charge in [-0.1, -0.05) is 0 Å². The van der Waals surface area contributed by atoms with Crippen molar-refractivity contribution in [2.45, 2.75) is 25.9 Å². The van der Waals surface area contributed by atoms with Crippen LogP contribution >= 0.6 is 0 Å². The van der Waals surface area contributed by atoms with E-state index < -0.39 is 11.6 Å². The number of rotatable bonds is 2. The summed E-state index contributed by atoms with van der Waals surface area (Å²) in [5, 5.41) is 0. The van der Waals surface area contributed by atoms with Gasteiger partial charge in [0.05, 0.1) is 18.3 Å². The Morgan fingerprint density at radius 2 is 2.19 bits per heavy atom. The number of amides is 1. The Morgan fingerprint density at radius 1 is 1.32 bits per heavy atom. The molecule has 11 nitrogen and oxygen atoms in total. The third-order valence-corrected chi connectivity index (χ3v) is 5.06. The van der Waals surface area contributed by atoms with Crippen molar-refractivity contribution >= 4 is 17.1 Å². The maximum absolute atomic E-state index is 13.0. The number of nitrogens with one attached hydrogen (secondary N) is 2. The zero-order chi connectivity index (χ0) is 21.5. The highest BCUT2D eigenvalue weighted by atomic mass is 16.5. The van der Waals surface area contributed by atoms with Crippen molar-refractivity contribution in [3.63, 3.8) is 0 Å². The maximum atomic E-state index is 13.0. The summed E-state index contributed by atoms with van der Waals surface area (Å²) in [5.74, 6) is 0.461. The van der Waals surface area contributed by atoms with Crippen LogP contribution in [-0.2, 0) is 0 Å². The normalized spacial score (nSPS) is 16.1. The Bertz CT molecular complexity index is 1340. The lowest BCUT2D eigenvalue weighted by molar-refractivity contribution is 0.0991. The topological polar surface area (TPSA) is 154 Å². The molecule has 5 heterocycles. The highest BCUT2D eigenvalue weighted by Gasteiger charge is 2.25. The number of aromatic amines is 2. The maximum Gasteiger partial charge on any atom is 0.333 e. The first kappa shape index (κ1) is 18.9. The number of nitrogens with zero attached hydrogens (tertiary/aromatic N) is 4. The third-order valence-electron chi connectivity index (χ3n) is 5.06. The van der Waals surface area contributed by atoms with E-state index in [9.17, 15) is 9.59 Å². The molecule has 1 unspecified atom stereocenters. The van der Waals surface area contributed by atoms with Gasteiger partial charge in [0.1, 0.15) is 22.7 Å². The molecule has 31 heavy (non-hydrogen) atoms. The lowest BCUT2D eigenvalue weighted by Crippen LogP contribution is -2.23. The zero-order valence-corrected chi connectivity index (χ0v) is 16.6. The molecule has 1 aliphatic rings. The van der Waals surface area contributed by atoms with E-state index in [1.165, 1.54) is 10.6 Å². The van der Waals surface area contributed by atoms with E-state index in [4.69, 9.17) is 15.2 Å². The van der Waals surface area contributed by atoms with Crippen molar-refractivity contribution < 1.29 is 14.3 Å². The van der Waals surface area contributed by atoms with Crippen molar-refractivity contribution in [1.29, 1.82) is 0 Å². The molecule has 0 fully saturated rings. The summed E-state index contributed by atoms with van der Waals surface area (Å²) in [5.41, 5.74) is 6.42. The van der Waals surface area contributed by atoms with E-state index >= 15 is 0 Å². The van der Waals surface area contributed by atoms with E-state index in [1.807, 2.05) is 6.92 Å². The van der Waals surface area contributed by atoms with Crippen LogP contribution in [0.3, 0.4) is 0 Å². The number of pyridine rings is 2. The van der Waals surface area contributed by atoms with E-state index in [0.29, 0.717) is 47.7 Å². The lowest BCUT2D eigenvalue weighted by Gasteiger charge is -2.20. The van der Waals surface area contributed by atoms with Gasteiger partial charge < -0.3 is 20.2 Å². The van der Waals surface area contributed by atoms with E-state index in [2.05, 4.69) is 24.9 Å². The highest BCUT2D eigenvalue weighted by molar-refractivity contribution is 5.97. The molecule has 4 aromatic heterocycles. The molecule has 0 radical (unpaired) electrons. The van der Waals surface area contributed by atoms with Crippen LogP contribution in [0.25, 0.3) is 28.4 Å². The van der Waals surface area contributed by atoms with Gasteiger partial charge in [-0.25, -0.2) is 19.3 Å². The molecular formula is C20H19N7O4. The Morgan fingerprint density at radius 3 is 2.97 bits per heavy atom. The first-order valence-electron chi connectivity index (χ1n) is 9.77. The van der Waals surface area contributed by atoms with Crippen LogP contribution in [0.4, 0.5) is 0 Å². The quantitative estimate of drug-likeness (QED) is 0.443. The summed E-state index contributed by atoms with van der Waals surface area (Å²) in [7, 11) is 0. The number of fused-ring (bicyclic) bond motifs is 3. The first-order valence-corrected chi connectivity index (χ1v) is 9.77. The lowest BCUT2D eigenvalue weighted by atomic mass is 10.1. The van der Waals surface area contributed by atoms with Crippen LogP contribution in [0.1, 0.15) is 30.1 Å². The summed E-state index contributed by atoms with van der Waals surface area (Å²) in [6.07, 6.45) is 5.87. The number of hydrogen-bond acceptors (Lipinski definition) is 7. The van der Waals surface area contributed by atoms with Crippen LogP contribution in [-0.4, -0.2) is 48.1 Å². The van der Waals surface area contributed by atoms with E-state index in [-0.39, 0.29) is 23.4 Å². The minimum absolute atomic E-state index is 0.0542. The van der Waals surface area contributed by atoms with Gasteiger partial charge in [0.2, 0.25) is 5.88 Å². The number of hydrogen-bond donors (Lipinski definition) is 3. The average Bonchev–Trinajstić information content (AvgIpc) is 3.37. The first-order chi connectivity index (χ1) is 15.0. The zero-order valence-electron chi connectivity index (χ0n) is 16.6. The second-order valence-electron chi connectivity index (χ2n) is 7.21. The number of nitrogens with two attached hydrogens (primary N) is 1. The predicted molar refractivity (Wildman–Crippen MR) is 110 cm³/mol. The molecule has 0 saturated carbocycles. The van der Waals surface area contributed by atoms with E-state index in [1.54, 1.807) is 24.7 Å². The SMILES string of the molecule is CC1CCCOc2ccnc3[nH]c(=O)n(c23)-c2nc(c(C(N)=O)cc2-c2ncc[nH]2)O1. The summed E-state index contributed by atoms with van der Waals surface area (Å²) >= 11 is 0. The van der Waals surface area contributed by atoms with Crippen molar-refractivity contribution in [2.24, 2.45) is 5.73 Å². The summed E-state index contributed by atoms with van der Waals surface area (Å²) in [6.45, 7) is 2.29. The monoisotopic (exact) mass is 421 g/mol. The molecule has 0 aromatic carbocycles. The predicted octanol–water partition coefficient (Wildman–Crippen LogP) is 1.54. The highest BCUT2D eigenvalue weighted by Crippen LogP contribution is 2.33. The standard InChI is InChI=1S/C20H19N7O4/c1-10-3-2-8-30-13-4-5-22-17-14(13)27(20(29)25-17)18-12(16-23-6-7-24-16)9-11(15(21)28)19(26-18)31-10/h4-7,9-10H,2-3,8H2,1H3,(H2,21,28)(H,23,24)(H,22,25,29). The average molecular weight is 421 g/mol. The van der Waals surface area contributed by atoms with Crippen LogP contribution < -0.4 is 20.9 Å². The van der Waals surface area contributed by atoms with Crippen molar-refractivity contribution in [3.8, 4) is 28.8 Å². The molecule has 2 bridgehead atoms. The Balaban J connectivity index is 1.90. The molecule has 158 valence electrons.